The lowest BCUT2D eigenvalue weighted by Crippen LogP contribution is -2.32. The van der Waals surface area contributed by atoms with E-state index in [1.165, 1.54) is 0 Å². The van der Waals surface area contributed by atoms with Crippen molar-refractivity contribution in [3.8, 4) is 0 Å². The van der Waals surface area contributed by atoms with Gasteiger partial charge in [0.15, 0.2) is 9.84 Å². The fourth-order valence-electron chi connectivity index (χ4n) is 2.23. The maximum atomic E-state index is 12.0. The van der Waals surface area contributed by atoms with Gasteiger partial charge in [0.2, 0.25) is 0 Å². The molecule has 94 valence electrons. The van der Waals surface area contributed by atoms with E-state index < -0.39 is 27.8 Å². The summed E-state index contributed by atoms with van der Waals surface area (Å²) in [7, 11) is -3.35. The van der Waals surface area contributed by atoms with Crippen molar-refractivity contribution in [2.75, 3.05) is 12.4 Å². The minimum atomic E-state index is -3.35. The molecule has 4 nitrogen and oxygen atoms in total. The highest BCUT2D eigenvalue weighted by molar-refractivity contribution is 7.92. The number of fused-ring (bicyclic) bond motifs is 1. The number of hydrogen-bond acceptors (Lipinski definition) is 4. The minimum Gasteiger partial charge on any atom is -0.394 e. The van der Waals surface area contributed by atoms with Crippen LogP contribution in [0.1, 0.15) is 11.1 Å². The lowest BCUT2D eigenvalue weighted by molar-refractivity contribution is 0.112. The van der Waals surface area contributed by atoms with Crippen LogP contribution in [-0.2, 0) is 22.7 Å². The van der Waals surface area contributed by atoms with E-state index in [0.29, 0.717) is 12.8 Å². The van der Waals surface area contributed by atoms with Gasteiger partial charge in [0.1, 0.15) is 0 Å². The summed E-state index contributed by atoms with van der Waals surface area (Å²) in [6.45, 7) is -0.515. The third kappa shape index (κ3) is 2.68. The number of rotatable bonds is 4. The van der Waals surface area contributed by atoms with Gasteiger partial charge in [0, 0.05) is 0 Å². The average molecular weight is 256 g/mol. The Morgan fingerprint density at radius 1 is 1.24 bits per heavy atom. The van der Waals surface area contributed by atoms with E-state index in [-0.39, 0.29) is 5.75 Å². The van der Waals surface area contributed by atoms with Crippen LogP contribution in [0.15, 0.2) is 24.3 Å². The summed E-state index contributed by atoms with van der Waals surface area (Å²) in [6, 6.07) is 7.67. The number of benzene rings is 1. The van der Waals surface area contributed by atoms with E-state index in [2.05, 4.69) is 0 Å². The van der Waals surface area contributed by atoms with Gasteiger partial charge in [-0.05, 0) is 24.0 Å². The van der Waals surface area contributed by atoms with Crippen molar-refractivity contribution in [2.45, 2.75) is 24.2 Å². The van der Waals surface area contributed by atoms with Crippen molar-refractivity contribution >= 4 is 9.84 Å². The smallest absolute Gasteiger partial charge is 0.156 e. The second-order valence-electron chi connectivity index (χ2n) is 4.46. The van der Waals surface area contributed by atoms with Gasteiger partial charge in [-0.1, -0.05) is 24.3 Å². The van der Waals surface area contributed by atoms with Gasteiger partial charge in [0.25, 0.3) is 0 Å². The number of sulfone groups is 1. The minimum absolute atomic E-state index is 0.359. The van der Waals surface area contributed by atoms with E-state index in [1.54, 1.807) is 0 Å². The SMILES string of the molecule is O=S(=O)(C[C@@H](O)CO)C1Cc2ccccc2C1. The topological polar surface area (TPSA) is 74.6 Å². The molecule has 0 heterocycles. The molecule has 0 unspecified atom stereocenters. The van der Waals surface area contributed by atoms with Crippen molar-refractivity contribution in [3.63, 3.8) is 0 Å². The van der Waals surface area contributed by atoms with E-state index in [1.807, 2.05) is 24.3 Å². The predicted molar refractivity (Wildman–Crippen MR) is 64.5 cm³/mol. The standard InChI is InChI=1S/C12H16O4S/c13-7-11(14)8-17(15,16)12-5-9-3-1-2-4-10(9)6-12/h1-4,11-14H,5-8H2/t11-/m0/s1. The summed E-state index contributed by atoms with van der Waals surface area (Å²) in [5.41, 5.74) is 2.14. The van der Waals surface area contributed by atoms with Crippen LogP contribution in [0.2, 0.25) is 0 Å². The molecular weight excluding hydrogens is 240 g/mol. The summed E-state index contributed by atoms with van der Waals surface area (Å²) >= 11 is 0. The van der Waals surface area contributed by atoms with E-state index in [0.717, 1.165) is 11.1 Å². The molecule has 1 aliphatic carbocycles. The van der Waals surface area contributed by atoms with Gasteiger partial charge in [-0.25, -0.2) is 8.42 Å². The van der Waals surface area contributed by atoms with Crippen LogP contribution in [-0.4, -0.2) is 42.3 Å². The first-order chi connectivity index (χ1) is 8.03. The Hall–Kier alpha value is -0.910. The summed E-state index contributed by atoms with van der Waals surface area (Å²) < 4.78 is 24.0. The molecule has 0 bridgehead atoms. The maximum Gasteiger partial charge on any atom is 0.156 e. The van der Waals surface area contributed by atoms with Crippen LogP contribution < -0.4 is 0 Å². The van der Waals surface area contributed by atoms with Crippen LogP contribution in [0, 0.1) is 0 Å². The Labute approximate surface area is 101 Å². The summed E-state index contributed by atoms with van der Waals surface area (Å²) in [5.74, 6) is -0.359. The molecule has 0 fully saturated rings. The summed E-state index contributed by atoms with van der Waals surface area (Å²) in [6.07, 6.45) is -0.156. The van der Waals surface area contributed by atoms with Crippen molar-refractivity contribution in [1.82, 2.24) is 0 Å². The fraction of sp³-hybridized carbons (Fsp3) is 0.500. The highest BCUT2D eigenvalue weighted by Crippen LogP contribution is 2.26. The largest absolute Gasteiger partial charge is 0.394 e. The third-order valence-corrected chi connectivity index (χ3v) is 5.36. The third-order valence-electron chi connectivity index (χ3n) is 3.16. The molecule has 0 saturated heterocycles. The molecular formula is C12H16O4S. The van der Waals surface area contributed by atoms with E-state index in [9.17, 15) is 13.5 Å². The van der Waals surface area contributed by atoms with Crippen molar-refractivity contribution < 1.29 is 18.6 Å². The Morgan fingerprint density at radius 2 is 1.76 bits per heavy atom. The lowest BCUT2D eigenvalue weighted by atomic mass is 10.1. The van der Waals surface area contributed by atoms with Crippen LogP contribution >= 0.6 is 0 Å². The number of hydrogen-bond donors (Lipinski definition) is 2. The molecule has 1 aromatic carbocycles. The van der Waals surface area contributed by atoms with Crippen LogP contribution in [0.4, 0.5) is 0 Å². The Kier molecular flexibility index (Phi) is 3.51. The van der Waals surface area contributed by atoms with Gasteiger partial charge in [-0.3, -0.25) is 0 Å². The van der Waals surface area contributed by atoms with Crippen molar-refractivity contribution in [3.05, 3.63) is 35.4 Å². The fourth-order valence-corrected chi connectivity index (χ4v) is 4.01. The monoisotopic (exact) mass is 256 g/mol. The second-order valence-corrected chi connectivity index (χ2v) is 6.79. The van der Waals surface area contributed by atoms with Gasteiger partial charge < -0.3 is 10.2 Å². The van der Waals surface area contributed by atoms with Gasteiger partial charge in [-0.15, -0.1) is 0 Å². The highest BCUT2D eigenvalue weighted by atomic mass is 32.2. The Bertz CT molecular complexity index is 470. The van der Waals surface area contributed by atoms with Crippen LogP contribution in [0.25, 0.3) is 0 Å². The zero-order chi connectivity index (χ0) is 12.5. The first-order valence-electron chi connectivity index (χ1n) is 5.60. The van der Waals surface area contributed by atoms with Gasteiger partial charge >= 0.3 is 0 Å². The molecule has 0 radical (unpaired) electrons. The quantitative estimate of drug-likeness (QED) is 0.790. The van der Waals surface area contributed by atoms with Gasteiger partial charge in [-0.2, -0.15) is 0 Å². The van der Waals surface area contributed by atoms with Crippen LogP contribution in [0.3, 0.4) is 0 Å². The molecule has 1 aliphatic rings. The summed E-state index contributed by atoms with van der Waals surface area (Å²) in [4.78, 5) is 0. The first kappa shape index (κ1) is 12.5. The molecule has 0 amide bonds. The maximum absolute atomic E-state index is 12.0. The lowest BCUT2D eigenvalue weighted by Gasteiger charge is -2.13. The molecule has 5 heteroatoms. The molecule has 2 N–H and O–H groups in total. The molecule has 0 aromatic heterocycles. The molecule has 17 heavy (non-hydrogen) atoms. The van der Waals surface area contributed by atoms with Gasteiger partial charge in [0.05, 0.1) is 23.7 Å². The normalized spacial score (nSPS) is 18.0. The van der Waals surface area contributed by atoms with E-state index in [4.69, 9.17) is 5.11 Å². The molecule has 0 aliphatic heterocycles. The molecule has 0 spiro atoms. The highest BCUT2D eigenvalue weighted by Gasteiger charge is 2.33. The second kappa shape index (κ2) is 4.76. The van der Waals surface area contributed by atoms with Crippen molar-refractivity contribution in [1.29, 1.82) is 0 Å². The Morgan fingerprint density at radius 3 is 2.24 bits per heavy atom. The molecule has 1 atom stereocenters. The number of aliphatic hydroxyl groups excluding tert-OH is 2. The Balaban J connectivity index is 2.12. The first-order valence-corrected chi connectivity index (χ1v) is 7.32. The molecule has 2 rings (SSSR count). The molecule has 0 saturated carbocycles. The van der Waals surface area contributed by atoms with E-state index >= 15 is 0 Å². The van der Waals surface area contributed by atoms with Crippen LogP contribution in [0.5, 0.6) is 0 Å². The zero-order valence-corrected chi connectivity index (χ0v) is 10.2. The predicted octanol–water partition coefficient (Wildman–Crippen LogP) is -0.0782. The number of aliphatic hydroxyl groups is 2. The average Bonchev–Trinajstić information content (AvgIpc) is 2.72. The summed E-state index contributed by atoms with van der Waals surface area (Å²) in [5, 5.41) is 17.5. The van der Waals surface area contributed by atoms with Crippen molar-refractivity contribution in [2.24, 2.45) is 0 Å². The zero-order valence-electron chi connectivity index (χ0n) is 9.41. The molecule has 1 aromatic rings.